The molecular weight excluding hydrogens is 384 g/mol. The highest BCUT2D eigenvalue weighted by Gasteiger charge is 2.33. The molecule has 4 rings (SSSR count). The minimum Gasteiger partial charge on any atom is -0.486 e. The van der Waals surface area contributed by atoms with Crippen molar-refractivity contribution < 1.29 is 14.3 Å². The summed E-state index contributed by atoms with van der Waals surface area (Å²) in [4.78, 5) is 25.8. The Balaban J connectivity index is 1.39. The van der Waals surface area contributed by atoms with Crippen LogP contribution >= 0.6 is 22.9 Å². The minimum absolute atomic E-state index is 0.0510. The number of carbonyl (C=O) groups is 2. The summed E-state index contributed by atoms with van der Waals surface area (Å²) in [5.41, 5.74) is 3.29. The first kappa shape index (κ1) is 18.3. The molecule has 0 radical (unpaired) electrons. The zero-order chi connectivity index (χ0) is 19.0. The quantitative estimate of drug-likeness (QED) is 0.848. The topological polar surface area (TPSA) is 58.6 Å². The molecule has 3 heterocycles. The Morgan fingerprint density at radius 2 is 2.22 bits per heavy atom. The second-order valence-corrected chi connectivity index (χ2v) is 8.21. The standard InChI is InChI=1S/C20H21ClN2O3S/c1-12(24)23-5-2-3-18(23)20(25)22-10-16-8-15-7-14(13-4-6-27-11-13)9-17(21)19(15)26-16/h4,6-7,9,11,16,18H,2-3,5,8,10H2,1H3,(H,22,25)/t16-,18-/m0/s1. The van der Waals surface area contributed by atoms with Crippen LogP contribution in [0.25, 0.3) is 11.1 Å². The fourth-order valence-corrected chi connectivity index (χ4v) is 4.79. The van der Waals surface area contributed by atoms with E-state index in [9.17, 15) is 9.59 Å². The van der Waals surface area contributed by atoms with Crippen molar-refractivity contribution in [2.24, 2.45) is 0 Å². The van der Waals surface area contributed by atoms with E-state index in [-0.39, 0.29) is 24.0 Å². The van der Waals surface area contributed by atoms with Crippen molar-refractivity contribution >= 4 is 34.8 Å². The molecule has 27 heavy (non-hydrogen) atoms. The van der Waals surface area contributed by atoms with Gasteiger partial charge in [0.1, 0.15) is 17.9 Å². The summed E-state index contributed by atoms with van der Waals surface area (Å²) in [5, 5.41) is 7.68. The molecule has 1 aromatic carbocycles. The number of thiophene rings is 1. The minimum atomic E-state index is -0.361. The summed E-state index contributed by atoms with van der Waals surface area (Å²) >= 11 is 8.07. The number of nitrogens with one attached hydrogen (secondary N) is 1. The number of hydrogen-bond donors (Lipinski definition) is 1. The van der Waals surface area contributed by atoms with Crippen molar-refractivity contribution in [1.82, 2.24) is 10.2 Å². The Kier molecular flexibility index (Phi) is 5.10. The van der Waals surface area contributed by atoms with Gasteiger partial charge in [0.25, 0.3) is 0 Å². The van der Waals surface area contributed by atoms with Crippen molar-refractivity contribution in [3.8, 4) is 16.9 Å². The Morgan fingerprint density at radius 3 is 2.96 bits per heavy atom. The third kappa shape index (κ3) is 3.69. The lowest BCUT2D eigenvalue weighted by atomic mass is 10.0. The molecule has 0 bridgehead atoms. The van der Waals surface area contributed by atoms with E-state index in [0.717, 1.165) is 23.1 Å². The molecule has 2 amide bonds. The molecule has 0 unspecified atom stereocenters. The average Bonchev–Trinajstić information content (AvgIpc) is 3.38. The second kappa shape index (κ2) is 7.52. The molecule has 0 aliphatic carbocycles. The van der Waals surface area contributed by atoms with Crippen LogP contribution in [0, 0.1) is 0 Å². The van der Waals surface area contributed by atoms with E-state index in [1.807, 2.05) is 11.4 Å². The zero-order valence-corrected chi connectivity index (χ0v) is 16.6. The van der Waals surface area contributed by atoms with Crippen LogP contribution < -0.4 is 10.1 Å². The number of halogens is 1. The van der Waals surface area contributed by atoms with Crippen LogP contribution in [0.15, 0.2) is 29.0 Å². The zero-order valence-electron chi connectivity index (χ0n) is 15.0. The maximum absolute atomic E-state index is 12.5. The first-order valence-electron chi connectivity index (χ1n) is 9.09. The van der Waals surface area contributed by atoms with Gasteiger partial charge >= 0.3 is 0 Å². The molecule has 5 nitrogen and oxygen atoms in total. The molecule has 0 saturated carbocycles. The predicted octanol–water partition coefficient (Wildman–Crippen LogP) is 3.50. The lowest BCUT2D eigenvalue weighted by Crippen LogP contribution is -2.47. The molecule has 2 atom stereocenters. The lowest BCUT2D eigenvalue weighted by molar-refractivity contribution is -0.137. The van der Waals surface area contributed by atoms with Gasteiger partial charge in [-0.15, -0.1) is 0 Å². The van der Waals surface area contributed by atoms with Crippen LogP contribution in [0.5, 0.6) is 5.75 Å². The van der Waals surface area contributed by atoms with Gasteiger partial charge in [-0.05, 0) is 52.9 Å². The van der Waals surface area contributed by atoms with Crippen molar-refractivity contribution in [3.63, 3.8) is 0 Å². The monoisotopic (exact) mass is 404 g/mol. The summed E-state index contributed by atoms with van der Waals surface area (Å²) in [5.74, 6) is 0.554. The van der Waals surface area contributed by atoms with Gasteiger partial charge < -0.3 is 15.0 Å². The highest BCUT2D eigenvalue weighted by Crippen LogP contribution is 2.39. The van der Waals surface area contributed by atoms with Crippen molar-refractivity contribution in [3.05, 3.63) is 39.5 Å². The molecule has 2 aromatic rings. The third-order valence-corrected chi connectivity index (χ3v) is 6.14. The summed E-state index contributed by atoms with van der Waals surface area (Å²) < 4.78 is 5.97. The maximum atomic E-state index is 12.5. The summed E-state index contributed by atoms with van der Waals surface area (Å²) in [7, 11) is 0. The van der Waals surface area contributed by atoms with Crippen LogP contribution in [0.1, 0.15) is 25.3 Å². The molecule has 142 valence electrons. The molecule has 0 spiro atoms. The highest BCUT2D eigenvalue weighted by molar-refractivity contribution is 7.08. The summed E-state index contributed by atoms with van der Waals surface area (Å²) in [6, 6.07) is 5.74. The molecular formula is C20H21ClN2O3S. The molecule has 1 aromatic heterocycles. The fourth-order valence-electron chi connectivity index (χ4n) is 3.85. The van der Waals surface area contributed by atoms with Gasteiger partial charge in [0.15, 0.2) is 0 Å². The van der Waals surface area contributed by atoms with E-state index >= 15 is 0 Å². The highest BCUT2D eigenvalue weighted by atomic mass is 35.5. The Labute approximate surface area is 167 Å². The van der Waals surface area contributed by atoms with Crippen molar-refractivity contribution in [2.75, 3.05) is 13.1 Å². The van der Waals surface area contributed by atoms with Gasteiger partial charge in [-0.2, -0.15) is 11.3 Å². The number of likely N-dealkylation sites (tertiary alicyclic amines) is 1. The average molecular weight is 405 g/mol. The number of hydrogen-bond acceptors (Lipinski definition) is 4. The first-order valence-corrected chi connectivity index (χ1v) is 10.4. The lowest BCUT2D eigenvalue weighted by Gasteiger charge is -2.23. The van der Waals surface area contributed by atoms with Crippen LogP contribution in [-0.2, 0) is 16.0 Å². The van der Waals surface area contributed by atoms with Crippen LogP contribution in [0.2, 0.25) is 5.02 Å². The van der Waals surface area contributed by atoms with E-state index in [1.165, 1.54) is 6.92 Å². The SMILES string of the molecule is CC(=O)N1CCC[C@H]1C(=O)NC[C@@H]1Cc2cc(-c3ccsc3)cc(Cl)c2O1. The predicted molar refractivity (Wildman–Crippen MR) is 106 cm³/mol. The smallest absolute Gasteiger partial charge is 0.242 e. The fraction of sp³-hybridized carbons (Fsp3) is 0.400. The number of carbonyl (C=O) groups excluding carboxylic acids is 2. The van der Waals surface area contributed by atoms with Gasteiger partial charge in [-0.1, -0.05) is 11.6 Å². The number of nitrogens with zero attached hydrogens (tertiary/aromatic N) is 1. The van der Waals surface area contributed by atoms with Gasteiger partial charge in [0, 0.05) is 25.5 Å². The van der Waals surface area contributed by atoms with Gasteiger partial charge in [-0.3, -0.25) is 9.59 Å². The normalized spacial score (nSPS) is 21.0. The summed E-state index contributed by atoms with van der Waals surface area (Å²) in [6.45, 7) is 2.56. The number of benzene rings is 1. The Hall–Kier alpha value is -2.05. The van der Waals surface area contributed by atoms with Crippen molar-refractivity contribution in [2.45, 2.75) is 38.3 Å². The van der Waals surface area contributed by atoms with Gasteiger partial charge in [0.2, 0.25) is 11.8 Å². The van der Waals surface area contributed by atoms with Crippen LogP contribution in [-0.4, -0.2) is 41.9 Å². The van der Waals surface area contributed by atoms with E-state index in [0.29, 0.717) is 36.7 Å². The molecule has 1 saturated heterocycles. The van der Waals surface area contributed by atoms with E-state index in [4.69, 9.17) is 16.3 Å². The number of fused-ring (bicyclic) bond motifs is 1. The van der Waals surface area contributed by atoms with Gasteiger partial charge in [-0.25, -0.2) is 0 Å². The molecule has 2 aliphatic heterocycles. The first-order chi connectivity index (χ1) is 13.0. The number of ether oxygens (including phenoxy) is 1. The second-order valence-electron chi connectivity index (χ2n) is 7.02. The van der Waals surface area contributed by atoms with Crippen molar-refractivity contribution in [1.29, 1.82) is 0 Å². The Bertz CT molecular complexity index is 868. The summed E-state index contributed by atoms with van der Waals surface area (Å²) in [6.07, 6.45) is 2.14. The van der Waals surface area contributed by atoms with Gasteiger partial charge in [0.05, 0.1) is 11.6 Å². The molecule has 7 heteroatoms. The molecule has 2 aliphatic rings. The number of rotatable bonds is 4. The molecule has 1 fully saturated rings. The Morgan fingerprint density at radius 1 is 1.37 bits per heavy atom. The third-order valence-electron chi connectivity index (χ3n) is 5.17. The van der Waals surface area contributed by atoms with E-state index in [2.05, 4.69) is 22.8 Å². The largest absolute Gasteiger partial charge is 0.486 e. The van der Waals surface area contributed by atoms with E-state index in [1.54, 1.807) is 16.2 Å². The van der Waals surface area contributed by atoms with E-state index < -0.39 is 0 Å². The molecule has 1 N–H and O–H groups in total. The van der Waals surface area contributed by atoms with Crippen LogP contribution in [0.4, 0.5) is 0 Å². The van der Waals surface area contributed by atoms with Crippen LogP contribution in [0.3, 0.4) is 0 Å². The number of amides is 2. The maximum Gasteiger partial charge on any atom is 0.242 e.